The summed E-state index contributed by atoms with van der Waals surface area (Å²) in [7, 11) is -3.89. The fourth-order valence-corrected chi connectivity index (χ4v) is 2.62. The standard InChI is InChI=1S/C13H21N3O3S/c1-3-5-8-15-13(17)16-20(18,19)11-7-6-10(4-2)12(14)9-11/h6-7,9H,3-5,8,14H2,1-2H3,(H2,15,16,17). The van der Waals surface area contributed by atoms with Crippen LogP contribution in [0.4, 0.5) is 10.5 Å². The van der Waals surface area contributed by atoms with Gasteiger partial charge in [-0.2, -0.15) is 0 Å². The van der Waals surface area contributed by atoms with Crippen LogP contribution in [0.2, 0.25) is 0 Å². The van der Waals surface area contributed by atoms with Crippen LogP contribution in [0.25, 0.3) is 0 Å². The molecule has 0 spiro atoms. The highest BCUT2D eigenvalue weighted by atomic mass is 32.2. The first kappa shape index (κ1) is 16.3. The number of amides is 2. The number of carbonyl (C=O) groups is 1. The summed E-state index contributed by atoms with van der Waals surface area (Å²) in [4.78, 5) is 11.5. The van der Waals surface area contributed by atoms with E-state index in [1.165, 1.54) is 12.1 Å². The Labute approximate surface area is 119 Å². The number of urea groups is 1. The Balaban J connectivity index is 2.78. The van der Waals surface area contributed by atoms with Crippen molar-refractivity contribution in [1.82, 2.24) is 10.0 Å². The molecule has 7 heteroatoms. The molecule has 112 valence electrons. The van der Waals surface area contributed by atoms with E-state index in [2.05, 4.69) is 5.32 Å². The van der Waals surface area contributed by atoms with Crippen LogP contribution in [0.15, 0.2) is 23.1 Å². The molecule has 0 bridgehead atoms. The van der Waals surface area contributed by atoms with Crippen LogP contribution >= 0.6 is 0 Å². The number of benzene rings is 1. The molecule has 4 N–H and O–H groups in total. The Morgan fingerprint density at radius 3 is 2.55 bits per heavy atom. The molecule has 0 aliphatic rings. The van der Waals surface area contributed by atoms with Crippen molar-refractivity contribution in [3.05, 3.63) is 23.8 Å². The molecule has 0 heterocycles. The van der Waals surface area contributed by atoms with E-state index in [0.29, 0.717) is 12.2 Å². The predicted molar refractivity (Wildman–Crippen MR) is 78.9 cm³/mol. The molecule has 1 rings (SSSR count). The first-order valence-electron chi connectivity index (χ1n) is 6.59. The molecule has 20 heavy (non-hydrogen) atoms. The zero-order valence-corrected chi connectivity index (χ0v) is 12.6. The number of aryl methyl sites for hydroxylation is 1. The highest BCUT2D eigenvalue weighted by Crippen LogP contribution is 2.18. The number of rotatable bonds is 6. The van der Waals surface area contributed by atoms with Crippen molar-refractivity contribution in [2.24, 2.45) is 0 Å². The Hall–Kier alpha value is -1.76. The minimum Gasteiger partial charge on any atom is -0.398 e. The smallest absolute Gasteiger partial charge is 0.328 e. The van der Waals surface area contributed by atoms with E-state index in [4.69, 9.17) is 5.73 Å². The second-order valence-electron chi connectivity index (χ2n) is 4.43. The maximum atomic E-state index is 12.0. The molecule has 2 amide bonds. The van der Waals surface area contributed by atoms with Gasteiger partial charge in [0.15, 0.2) is 0 Å². The normalized spacial score (nSPS) is 11.1. The molecule has 0 saturated carbocycles. The first-order valence-corrected chi connectivity index (χ1v) is 8.08. The van der Waals surface area contributed by atoms with E-state index in [-0.39, 0.29) is 4.90 Å². The van der Waals surface area contributed by atoms with Gasteiger partial charge in [-0.05, 0) is 30.5 Å². The maximum Gasteiger partial charge on any atom is 0.328 e. The molecule has 0 fully saturated rings. The lowest BCUT2D eigenvalue weighted by Crippen LogP contribution is -2.39. The third-order valence-corrected chi connectivity index (χ3v) is 4.18. The number of hydrogen-bond acceptors (Lipinski definition) is 4. The van der Waals surface area contributed by atoms with Gasteiger partial charge < -0.3 is 11.1 Å². The van der Waals surface area contributed by atoms with Gasteiger partial charge in [-0.25, -0.2) is 17.9 Å². The number of nitrogens with two attached hydrogens (primary N) is 1. The molecule has 0 aliphatic carbocycles. The number of nitrogens with one attached hydrogen (secondary N) is 2. The zero-order chi connectivity index (χ0) is 15.2. The number of nitrogen functional groups attached to an aromatic ring is 1. The minimum absolute atomic E-state index is 0.0159. The van der Waals surface area contributed by atoms with Gasteiger partial charge in [0.2, 0.25) is 0 Å². The molecule has 1 aromatic carbocycles. The van der Waals surface area contributed by atoms with E-state index >= 15 is 0 Å². The summed E-state index contributed by atoms with van der Waals surface area (Å²) in [6, 6.07) is 3.73. The van der Waals surface area contributed by atoms with E-state index < -0.39 is 16.1 Å². The summed E-state index contributed by atoms with van der Waals surface area (Å²) < 4.78 is 26.0. The molecular formula is C13H21N3O3S. The molecule has 6 nitrogen and oxygen atoms in total. The van der Waals surface area contributed by atoms with Crippen LogP contribution in [-0.2, 0) is 16.4 Å². The minimum atomic E-state index is -3.89. The SMILES string of the molecule is CCCCNC(=O)NS(=O)(=O)c1ccc(CC)c(N)c1. The average Bonchev–Trinajstić information content (AvgIpc) is 2.38. The summed E-state index contributed by atoms with van der Waals surface area (Å²) in [5.41, 5.74) is 7.04. The van der Waals surface area contributed by atoms with Crippen LogP contribution in [-0.4, -0.2) is 21.0 Å². The largest absolute Gasteiger partial charge is 0.398 e. The Bertz CT molecular complexity index is 570. The summed E-state index contributed by atoms with van der Waals surface area (Å²) in [6.45, 7) is 4.35. The van der Waals surface area contributed by atoms with Crippen molar-refractivity contribution in [3.63, 3.8) is 0 Å². The van der Waals surface area contributed by atoms with Gasteiger partial charge >= 0.3 is 6.03 Å². The number of unbranched alkanes of at least 4 members (excludes halogenated alkanes) is 1. The topological polar surface area (TPSA) is 101 Å². The number of hydrogen-bond donors (Lipinski definition) is 3. The second-order valence-corrected chi connectivity index (χ2v) is 6.11. The van der Waals surface area contributed by atoms with Crippen LogP contribution in [0, 0.1) is 0 Å². The maximum absolute atomic E-state index is 12.0. The van der Waals surface area contributed by atoms with Gasteiger partial charge in [-0.3, -0.25) is 0 Å². The molecule has 0 atom stereocenters. The van der Waals surface area contributed by atoms with Crippen molar-refractivity contribution in [2.45, 2.75) is 38.0 Å². The van der Waals surface area contributed by atoms with Gasteiger partial charge in [0.05, 0.1) is 4.90 Å². The third kappa shape index (κ3) is 4.41. The number of carbonyl (C=O) groups excluding carboxylic acids is 1. The Morgan fingerprint density at radius 1 is 1.30 bits per heavy atom. The van der Waals surface area contributed by atoms with Crippen molar-refractivity contribution < 1.29 is 13.2 Å². The van der Waals surface area contributed by atoms with Gasteiger partial charge in [0, 0.05) is 12.2 Å². The monoisotopic (exact) mass is 299 g/mol. The lowest BCUT2D eigenvalue weighted by molar-refractivity contribution is 0.245. The molecule has 0 unspecified atom stereocenters. The molecular weight excluding hydrogens is 278 g/mol. The van der Waals surface area contributed by atoms with Gasteiger partial charge in [0.1, 0.15) is 0 Å². The summed E-state index contributed by atoms with van der Waals surface area (Å²) >= 11 is 0. The molecule has 0 saturated heterocycles. The zero-order valence-electron chi connectivity index (χ0n) is 11.8. The van der Waals surface area contributed by atoms with Gasteiger partial charge in [-0.15, -0.1) is 0 Å². The van der Waals surface area contributed by atoms with E-state index in [0.717, 1.165) is 24.8 Å². The number of sulfonamides is 1. The quantitative estimate of drug-likeness (QED) is 0.548. The van der Waals surface area contributed by atoms with Crippen LogP contribution < -0.4 is 15.8 Å². The van der Waals surface area contributed by atoms with Crippen molar-refractivity contribution in [1.29, 1.82) is 0 Å². The number of anilines is 1. The lowest BCUT2D eigenvalue weighted by atomic mass is 10.1. The second kappa shape index (κ2) is 7.14. The van der Waals surface area contributed by atoms with Crippen LogP contribution in [0.1, 0.15) is 32.3 Å². The summed E-state index contributed by atoms with van der Waals surface area (Å²) in [5.74, 6) is 0. The average molecular weight is 299 g/mol. The van der Waals surface area contributed by atoms with E-state index in [1.54, 1.807) is 6.07 Å². The Morgan fingerprint density at radius 2 is 2.00 bits per heavy atom. The molecule has 1 aromatic rings. The van der Waals surface area contributed by atoms with E-state index in [1.807, 2.05) is 18.6 Å². The molecule has 0 aliphatic heterocycles. The molecule has 0 aromatic heterocycles. The first-order chi connectivity index (χ1) is 9.40. The van der Waals surface area contributed by atoms with Gasteiger partial charge in [0.25, 0.3) is 10.0 Å². The third-order valence-electron chi connectivity index (χ3n) is 2.85. The fourth-order valence-electron chi connectivity index (χ4n) is 1.66. The van der Waals surface area contributed by atoms with Crippen molar-refractivity contribution >= 4 is 21.7 Å². The Kier molecular flexibility index (Phi) is 5.82. The van der Waals surface area contributed by atoms with Crippen molar-refractivity contribution in [2.75, 3.05) is 12.3 Å². The van der Waals surface area contributed by atoms with Gasteiger partial charge in [-0.1, -0.05) is 26.3 Å². The summed E-state index contributed by atoms with van der Waals surface area (Å²) in [6.07, 6.45) is 2.44. The lowest BCUT2D eigenvalue weighted by Gasteiger charge is -2.10. The molecule has 0 radical (unpaired) electrons. The highest BCUT2D eigenvalue weighted by Gasteiger charge is 2.18. The van der Waals surface area contributed by atoms with Crippen molar-refractivity contribution in [3.8, 4) is 0 Å². The predicted octanol–water partition coefficient (Wildman–Crippen LogP) is 1.62. The van der Waals surface area contributed by atoms with Crippen LogP contribution in [0.5, 0.6) is 0 Å². The highest BCUT2D eigenvalue weighted by molar-refractivity contribution is 7.90. The summed E-state index contributed by atoms with van der Waals surface area (Å²) in [5, 5.41) is 2.49. The fraction of sp³-hybridized carbons (Fsp3) is 0.462. The van der Waals surface area contributed by atoms with Crippen LogP contribution in [0.3, 0.4) is 0 Å². The van der Waals surface area contributed by atoms with E-state index in [9.17, 15) is 13.2 Å².